The molecule has 1 aromatic carbocycles. The molecule has 4 nitrogen and oxygen atoms in total. The Bertz CT molecular complexity index is 718. The molecule has 0 aliphatic carbocycles. The van der Waals surface area contributed by atoms with Gasteiger partial charge in [-0.2, -0.15) is 4.98 Å². The minimum Gasteiger partial charge on any atom is -0.353 e. The molecule has 1 unspecified atom stereocenters. The summed E-state index contributed by atoms with van der Waals surface area (Å²) in [4.78, 5) is 4.48. The van der Waals surface area contributed by atoms with Gasteiger partial charge in [-0.3, -0.25) is 0 Å². The zero-order chi connectivity index (χ0) is 14.7. The first kappa shape index (κ1) is 13.6. The van der Waals surface area contributed by atoms with Crippen LogP contribution in [0.2, 0.25) is 0 Å². The second-order valence-corrected chi connectivity index (χ2v) is 5.40. The summed E-state index contributed by atoms with van der Waals surface area (Å²) in [6.07, 6.45) is 1.05. The van der Waals surface area contributed by atoms with Gasteiger partial charge >= 0.3 is 0 Å². The molecule has 0 fully saturated rings. The molecule has 1 atom stereocenters. The molecule has 0 aliphatic heterocycles. The van der Waals surface area contributed by atoms with Crippen LogP contribution in [0.15, 0.2) is 48.5 Å². The summed E-state index contributed by atoms with van der Waals surface area (Å²) in [7, 11) is 0. The summed E-state index contributed by atoms with van der Waals surface area (Å²) in [5.41, 5.74) is 3.34. The number of aromatic nitrogens is 3. The van der Waals surface area contributed by atoms with Crippen LogP contribution in [0, 0.1) is 6.92 Å². The highest BCUT2D eigenvalue weighted by Gasteiger charge is 2.07. The number of pyridine rings is 1. The van der Waals surface area contributed by atoms with Gasteiger partial charge in [-0.1, -0.05) is 43.3 Å². The molecule has 2 aromatic heterocycles. The van der Waals surface area contributed by atoms with Gasteiger partial charge < -0.3 is 5.32 Å². The minimum atomic E-state index is 0.525. The lowest BCUT2D eigenvalue weighted by Crippen LogP contribution is -2.07. The molecule has 0 amide bonds. The van der Waals surface area contributed by atoms with Crippen LogP contribution in [0.1, 0.15) is 30.5 Å². The number of hydrogen-bond acceptors (Lipinski definition) is 3. The quantitative estimate of drug-likeness (QED) is 0.775. The van der Waals surface area contributed by atoms with Crippen molar-refractivity contribution < 1.29 is 0 Å². The highest BCUT2D eigenvalue weighted by atomic mass is 15.3. The van der Waals surface area contributed by atoms with Gasteiger partial charge in [0.25, 0.3) is 0 Å². The number of anilines is 1. The van der Waals surface area contributed by atoms with E-state index in [0.29, 0.717) is 11.9 Å². The monoisotopic (exact) mass is 280 g/mol. The summed E-state index contributed by atoms with van der Waals surface area (Å²) in [6.45, 7) is 5.15. The van der Waals surface area contributed by atoms with Crippen LogP contribution in [0.4, 0.5) is 5.95 Å². The number of hydrogen-bond donors (Lipinski definition) is 1. The van der Waals surface area contributed by atoms with E-state index in [4.69, 9.17) is 0 Å². The van der Waals surface area contributed by atoms with Gasteiger partial charge in [-0.05, 0) is 37.0 Å². The first-order valence-electron chi connectivity index (χ1n) is 7.35. The van der Waals surface area contributed by atoms with Crippen molar-refractivity contribution in [2.75, 3.05) is 11.9 Å². The number of fused-ring (bicyclic) bond motifs is 1. The molecule has 1 N–H and O–H groups in total. The average molecular weight is 280 g/mol. The highest BCUT2D eigenvalue weighted by Crippen LogP contribution is 2.18. The lowest BCUT2D eigenvalue weighted by molar-refractivity contribution is 0.703. The van der Waals surface area contributed by atoms with Crippen molar-refractivity contribution >= 4 is 11.6 Å². The smallest absolute Gasteiger partial charge is 0.243 e. The van der Waals surface area contributed by atoms with Crippen molar-refractivity contribution in [3.05, 3.63) is 59.8 Å². The van der Waals surface area contributed by atoms with Crippen molar-refractivity contribution in [1.29, 1.82) is 0 Å². The molecule has 0 radical (unpaired) electrons. The molecule has 108 valence electrons. The Kier molecular flexibility index (Phi) is 3.86. The van der Waals surface area contributed by atoms with Crippen molar-refractivity contribution in [3.63, 3.8) is 0 Å². The van der Waals surface area contributed by atoms with E-state index in [1.54, 1.807) is 0 Å². The predicted molar refractivity (Wildman–Crippen MR) is 85.7 cm³/mol. The SMILES string of the molecule is Cc1cccc2nc(NCCC(C)c3ccccc3)nn12. The normalized spacial score (nSPS) is 12.5. The topological polar surface area (TPSA) is 42.2 Å². The van der Waals surface area contributed by atoms with Gasteiger partial charge in [0.05, 0.1) is 0 Å². The Labute approximate surface area is 124 Å². The number of benzene rings is 1. The zero-order valence-corrected chi connectivity index (χ0v) is 12.5. The fourth-order valence-electron chi connectivity index (χ4n) is 2.46. The number of nitrogens with zero attached hydrogens (tertiary/aromatic N) is 3. The molecule has 3 rings (SSSR count). The Morgan fingerprint density at radius 3 is 2.67 bits per heavy atom. The van der Waals surface area contributed by atoms with E-state index >= 15 is 0 Å². The first-order valence-corrected chi connectivity index (χ1v) is 7.35. The predicted octanol–water partition coefficient (Wildman–Crippen LogP) is 3.64. The molecular formula is C17H20N4. The van der Waals surface area contributed by atoms with Crippen molar-refractivity contribution in [2.24, 2.45) is 0 Å². The van der Waals surface area contributed by atoms with Crippen molar-refractivity contribution in [3.8, 4) is 0 Å². The number of aryl methyl sites for hydroxylation is 1. The molecule has 3 aromatic rings. The molecule has 21 heavy (non-hydrogen) atoms. The Hall–Kier alpha value is -2.36. The number of nitrogens with one attached hydrogen (secondary N) is 1. The molecule has 0 saturated carbocycles. The van der Waals surface area contributed by atoms with Gasteiger partial charge in [0.1, 0.15) is 0 Å². The van der Waals surface area contributed by atoms with E-state index < -0.39 is 0 Å². The van der Waals surface area contributed by atoms with Crippen LogP contribution >= 0.6 is 0 Å². The second-order valence-electron chi connectivity index (χ2n) is 5.40. The van der Waals surface area contributed by atoms with Gasteiger partial charge in [-0.15, -0.1) is 5.10 Å². The maximum atomic E-state index is 4.48. The van der Waals surface area contributed by atoms with E-state index in [1.807, 2.05) is 29.6 Å². The van der Waals surface area contributed by atoms with Gasteiger partial charge in [-0.25, -0.2) is 4.52 Å². The van der Waals surface area contributed by atoms with Crippen LogP contribution in [0.3, 0.4) is 0 Å². The summed E-state index contributed by atoms with van der Waals surface area (Å²) >= 11 is 0. The summed E-state index contributed by atoms with van der Waals surface area (Å²) in [6, 6.07) is 16.6. The van der Waals surface area contributed by atoms with Crippen molar-refractivity contribution in [1.82, 2.24) is 14.6 Å². The molecule has 0 aliphatic rings. The first-order chi connectivity index (χ1) is 10.2. The zero-order valence-electron chi connectivity index (χ0n) is 12.5. The van der Waals surface area contributed by atoms with Crippen LogP contribution in [-0.2, 0) is 0 Å². The number of rotatable bonds is 5. The molecule has 0 spiro atoms. The maximum Gasteiger partial charge on any atom is 0.243 e. The van der Waals surface area contributed by atoms with Crippen LogP contribution in [0.25, 0.3) is 5.65 Å². The lowest BCUT2D eigenvalue weighted by atomic mass is 9.98. The third-order valence-corrected chi connectivity index (χ3v) is 3.78. The van der Waals surface area contributed by atoms with Crippen molar-refractivity contribution in [2.45, 2.75) is 26.2 Å². The fourth-order valence-corrected chi connectivity index (χ4v) is 2.46. The molecule has 2 heterocycles. The van der Waals surface area contributed by atoms with E-state index in [1.165, 1.54) is 5.56 Å². The largest absolute Gasteiger partial charge is 0.353 e. The second kappa shape index (κ2) is 5.95. The standard InChI is InChI=1S/C17H20N4/c1-13(15-8-4-3-5-9-15)11-12-18-17-19-16-10-6-7-14(2)21(16)20-17/h3-10,13H,11-12H2,1-2H3,(H,18,20). The Morgan fingerprint density at radius 1 is 1.10 bits per heavy atom. The van der Waals surface area contributed by atoms with E-state index in [9.17, 15) is 0 Å². The summed E-state index contributed by atoms with van der Waals surface area (Å²) < 4.78 is 1.86. The van der Waals surface area contributed by atoms with Crippen LogP contribution in [-0.4, -0.2) is 21.1 Å². The Morgan fingerprint density at radius 2 is 1.90 bits per heavy atom. The molecule has 0 bridgehead atoms. The van der Waals surface area contributed by atoms with E-state index in [2.05, 4.69) is 52.7 Å². The van der Waals surface area contributed by atoms with Crippen LogP contribution in [0.5, 0.6) is 0 Å². The van der Waals surface area contributed by atoms with E-state index in [-0.39, 0.29) is 0 Å². The van der Waals surface area contributed by atoms with Gasteiger partial charge in [0.15, 0.2) is 5.65 Å². The van der Waals surface area contributed by atoms with Crippen LogP contribution < -0.4 is 5.32 Å². The fraction of sp³-hybridized carbons (Fsp3) is 0.294. The lowest BCUT2D eigenvalue weighted by Gasteiger charge is -2.11. The summed E-state index contributed by atoms with van der Waals surface area (Å²) in [5.74, 6) is 1.22. The summed E-state index contributed by atoms with van der Waals surface area (Å²) in [5, 5.41) is 7.80. The Balaban J connectivity index is 1.61. The third kappa shape index (κ3) is 3.05. The molecular weight excluding hydrogens is 260 g/mol. The third-order valence-electron chi connectivity index (χ3n) is 3.78. The average Bonchev–Trinajstić information content (AvgIpc) is 2.92. The molecule has 4 heteroatoms. The van der Waals surface area contributed by atoms with Gasteiger partial charge in [0.2, 0.25) is 5.95 Å². The van der Waals surface area contributed by atoms with Gasteiger partial charge in [0, 0.05) is 12.2 Å². The highest BCUT2D eigenvalue weighted by molar-refractivity contribution is 5.44. The minimum absolute atomic E-state index is 0.525. The molecule has 0 saturated heterocycles. The maximum absolute atomic E-state index is 4.48. The van der Waals surface area contributed by atoms with E-state index in [0.717, 1.165) is 24.3 Å².